The number of nitrogens with zero attached hydrogens (tertiary/aromatic N) is 5. The third-order valence-electron chi connectivity index (χ3n) is 5.64. The lowest BCUT2D eigenvalue weighted by atomic mass is 10.0. The maximum atomic E-state index is 13.0. The van der Waals surface area contributed by atoms with Gasteiger partial charge in [0.15, 0.2) is 11.0 Å². The summed E-state index contributed by atoms with van der Waals surface area (Å²) in [5.74, 6) is 1.90. The van der Waals surface area contributed by atoms with Gasteiger partial charge in [-0.05, 0) is 49.9 Å². The number of likely N-dealkylation sites (tertiary alicyclic amines) is 1. The van der Waals surface area contributed by atoms with E-state index in [1.165, 1.54) is 18.2 Å². The zero-order valence-corrected chi connectivity index (χ0v) is 18.7. The van der Waals surface area contributed by atoms with Crippen molar-refractivity contribution >= 4 is 17.7 Å². The van der Waals surface area contributed by atoms with Gasteiger partial charge in [-0.3, -0.25) is 14.3 Å². The molecule has 0 bridgehead atoms. The fourth-order valence-electron chi connectivity index (χ4n) is 4.05. The minimum Gasteiger partial charge on any atom is -0.495 e. The highest BCUT2D eigenvalue weighted by Gasteiger charge is 2.26. The molecule has 1 amide bonds. The van der Waals surface area contributed by atoms with Gasteiger partial charge in [0.2, 0.25) is 5.91 Å². The van der Waals surface area contributed by atoms with Crippen molar-refractivity contribution in [1.82, 2.24) is 24.6 Å². The normalized spacial score (nSPS) is 16.3. The predicted octanol–water partition coefficient (Wildman–Crippen LogP) is 4.22. The minimum absolute atomic E-state index is 0.164. The maximum absolute atomic E-state index is 13.0. The molecule has 8 heteroatoms. The number of pyridine rings is 1. The number of amides is 1. The Kier molecular flexibility index (Phi) is 6.86. The number of carbonyl (C=O) groups is 1. The molecule has 1 aromatic carbocycles. The number of carbonyl (C=O) groups excluding carboxylic acids is 1. The SMILES string of the molecule is CC[C@@H]1CCCCN1C(=O)CSc1nnc(-c2ccncc2)n1-c1ccccc1OC. The summed E-state index contributed by atoms with van der Waals surface area (Å²) in [6.45, 7) is 3.00. The average molecular weight is 438 g/mol. The van der Waals surface area contributed by atoms with Crippen LogP contribution in [0, 0.1) is 0 Å². The highest BCUT2D eigenvalue weighted by molar-refractivity contribution is 7.99. The number of hydrogen-bond donors (Lipinski definition) is 0. The van der Waals surface area contributed by atoms with Gasteiger partial charge in [0.1, 0.15) is 5.75 Å². The topological polar surface area (TPSA) is 73.1 Å². The summed E-state index contributed by atoms with van der Waals surface area (Å²) in [6, 6.07) is 11.9. The van der Waals surface area contributed by atoms with Gasteiger partial charge in [0, 0.05) is 30.5 Å². The van der Waals surface area contributed by atoms with Crippen molar-refractivity contribution in [3.63, 3.8) is 0 Å². The third-order valence-corrected chi connectivity index (χ3v) is 6.56. The second-order valence-corrected chi connectivity index (χ2v) is 8.43. The van der Waals surface area contributed by atoms with Crippen LogP contribution in [0.4, 0.5) is 0 Å². The molecule has 0 radical (unpaired) electrons. The molecule has 4 rings (SSSR count). The lowest BCUT2D eigenvalue weighted by Crippen LogP contribution is -2.44. The van der Waals surface area contributed by atoms with Crippen molar-refractivity contribution in [3.8, 4) is 22.8 Å². The van der Waals surface area contributed by atoms with Crippen LogP contribution in [0.2, 0.25) is 0 Å². The summed E-state index contributed by atoms with van der Waals surface area (Å²) in [4.78, 5) is 19.2. The maximum Gasteiger partial charge on any atom is 0.233 e. The van der Waals surface area contributed by atoms with Crippen LogP contribution in [0.5, 0.6) is 5.75 Å². The van der Waals surface area contributed by atoms with Crippen molar-refractivity contribution < 1.29 is 9.53 Å². The van der Waals surface area contributed by atoms with E-state index in [9.17, 15) is 4.79 Å². The molecule has 0 spiro atoms. The van der Waals surface area contributed by atoms with Gasteiger partial charge in [0.25, 0.3) is 0 Å². The van der Waals surface area contributed by atoms with E-state index >= 15 is 0 Å². The van der Waals surface area contributed by atoms with Crippen LogP contribution in [0.1, 0.15) is 32.6 Å². The van der Waals surface area contributed by atoms with Crippen LogP contribution in [0.3, 0.4) is 0 Å². The Balaban J connectivity index is 1.65. The molecule has 0 unspecified atom stereocenters. The monoisotopic (exact) mass is 437 g/mol. The Bertz CT molecular complexity index is 1020. The van der Waals surface area contributed by atoms with E-state index < -0.39 is 0 Å². The van der Waals surface area contributed by atoms with Crippen molar-refractivity contribution in [2.45, 2.75) is 43.8 Å². The van der Waals surface area contributed by atoms with Crippen molar-refractivity contribution in [3.05, 3.63) is 48.8 Å². The molecule has 162 valence electrons. The molecule has 0 saturated carbocycles. The number of methoxy groups -OCH3 is 1. The highest BCUT2D eigenvalue weighted by atomic mass is 32.2. The van der Waals surface area contributed by atoms with E-state index in [-0.39, 0.29) is 5.91 Å². The van der Waals surface area contributed by atoms with Crippen LogP contribution < -0.4 is 4.74 Å². The molecule has 1 atom stereocenters. The Morgan fingerprint density at radius 3 is 2.74 bits per heavy atom. The van der Waals surface area contributed by atoms with E-state index in [1.54, 1.807) is 19.5 Å². The van der Waals surface area contributed by atoms with Gasteiger partial charge < -0.3 is 9.64 Å². The first-order chi connectivity index (χ1) is 15.2. The predicted molar refractivity (Wildman–Crippen MR) is 122 cm³/mol. The summed E-state index contributed by atoms with van der Waals surface area (Å²) in [5, 5.41) is 9.54. The minimum atomic E-state index is 0.164. The quantitative estimate of drug-likeness (QED) is 0.515. The molecular formula is C23H27N5O2S. The zero-order chi connectivity index (χ0) is 21.6. The summed E-state index contributed by atoms with van der Waals surface area (Å²) in [7, 11) is 1.65. The van der Waals surface area contributed by atoms with E-state index in [4.69, 9.17) is 4.74 Å². The van der Waals surface area contributed by atoms with Crippen LogP contribution in [0.25, 0.3) is 17.1 Å². The number of ether oxygens (including phenoxy) is 1. The third kappa shape index (κ3) is 4.58. The van der Waals surface area contributed by atoms with Gasteiger partial charge in [-0.2, -0.15) is 0 Å². The van der Waals surface area contributed by atoms with Crippen LogP contribution in [-0.2, 0) is 4.79 Å². The molecule has 0 aliphatic carbocycles. The first kappa shape index (κ1) is 21.4. The molecule has 1 fully saturated rings. The number of thioether (sulfide) groups is 1. The molecule has 1 aliphatic rings. The number of benzene rings is 1. The standard InChI is InChI=1S/C23H27N5O2S/c1-3-18-8-6-7-15-27(18)21(29)16-31-23-26-25-22(17-11-13-24-14-12-17)28(23)19-9-4-5-10-20(19)30-2/h4-5,9-14,18H,3,6-8,15-16H2,1-2H3/t18-/m1/s1. The van der Waals surface area contributed by atoms with Crippen LogP contribution >= 0.6 is 11.8 Å². The van der Waals surface area contributed by atoms with E-state index in [1.807, 2.05) is 45.9 Å². The summed E-state index contributed by atoms with van der Waals surface area (Å²) in [6.07, 6.45) is 7.84. The van der Waals surface area contributed by atoms with E-state index in [0.717, 1.165) is 37.1 Å². The Morgan fingerprint density at radius 1 is 1.16 bits per heavy atom. The van der Waals surface area contributed by atoms with Crippen molar-refractivity contribution in [1.29, 1.82) is 0 Å². The second kappa shape index (κ2) is 9.96. The smallest absolute Gasteiger partial charge is 0.233 e. The lowest BCUT2D eigenvalue weighted by molar-refractivity contribution is -0.132. The molecule has 31 heavy (non-hydrogen) atoms. The first-order valence-electron chi connectivity index (χ1n) is 10.6. The Hall–Kier alpha value is -2.87. The molecule has 0 N–H and O–H groups in total. The highest BCUT2D eigenvalue weighted by Crippen LogP contribution is 2.32. The largest absolute Gasteiger partial charge is 0.495 e. The number of hydrogen-bond acceptors (Lipinski definition) is 6. The van der Waals surface area contributed by atoms with Gasteiger partial charge in [-0.25, -0.2) is 0 Å². The average Bonchev–Trinajstić information content (AvgIpc) is 3.26. The second-order valence-electron chi connectivity index (χ2n) is 7.48. The lowest BCUT2D eigenvalue weighted by Gasteiger charge is -2.35. The van der Waals surface area contributed by atoms with Crippen LogP contribution in [0.15, 0.2) is 53.9 Å². The molecule has 1 aliphatic heterocycles. The molecule has 1 saturated heterocycles. The van der Waals surface area contributed by atoms with E-state index in [2.05, 4.69) is 22.1 Å². The number of rotatable bonds is 7. The molecule has 3 heterocycles. The van der Waals surface area contributed by atoms with Gasteiger partial charge in [-0.1, -0.05) is 30.8 Å². The molecule has 2 aromatic heterocycles. The zero-order valence-electron chi connectivity index (χ0n) is 17.9. The first-order valence-corrected chi connectivity index (χ1v) is 11.6. The van der Waals surface area contributed by atoms with Crippen LogP contribution in [-0.4, -0.2) is 56.0 Å². The Morgan fingerprint density at radius 2 is 1.97 bits per heavy atom. The van der Waals surface area contributed by atoms with Gasteiger partial charge >= 0.3 is 0 Å². The molecule has 7 nitrogen and oxygen atoms in total. The van der Waals surface area contributed by atoms with Gasteiger partial charge in [0.05, 0.1) is 18.6 Å². The number of aromatic nitrogens is 4. The molecular weight excluding hydrogens is 410 g/mol. The number of para-hydroxylation sites is 2. The fraction of sp³-hybridized carbons (Fsp3) is 0.391. The summed E-state index contributed by atoms with van der Waals surface area (Å²) in [5.41, 5.74) is 1.73. The molecule has 3 aromatic rings. The number of piperidine rings is 1. The summed E-state index contributed by atoms with van der Waals surface area (Å²) >= 11 is 1.42. The van der Waals surface area contributed by atoms with E-state index in [0.29, 0.717) is 28.5 Å². The summed E-state index contributed by atoms with van der Waals surface area (Å²) < 4.78 is 7.55. The van der Waals surface area contributed by atoms with Gasteiger partial charge in [-0.15, -0.1) is 10.2 Å². The van der Waals surface area contributed by atoms with Crippen molar-refractivity contribution in [2.75, 3.05) is 19.4 Å². The Labute approximate surface area is 186 Å². The fourth-order valence-corrected chi connectivity index (χ4v) is 4.88. The van der Waals surface area contributed by atoms with Crippen molar-refractivity contribution in [2.24, 2.45) is 0 Å².